The largest absolute Gasteiger partial charge is 0.510 e. The van der Waals surface area contributed by atoms with Crippen molar-refractivity contribution in [3.8, 4) is 5.75 Å². The van der Waals surface area contributed by atoms with Crippen LogP contribution in [0.15, 0.2) is 59.3 Å². The van der Waals surface area contributed by atoms with Crippen molar-refractivity contribution in [3.05, 3.63) is 70.5 Å². The molecule has 37 heavy (non-hydrogen) atoms. The van der Waals surface area contributed by atoms with E-state index in [9.17, 15) is 0 Å². The minimum absolute atomic E-state index is 0.123. The molecule has 0 N–H and O–H groups in total. The predicted molar refractivity (Wildman–Crippen MR) is 157 cm³/mol. The lowest BCUT2D eigenvalue weighted by molar-refractivity contribution is -0.783. The molecule has 1 aliphatic heterocycles. The summed E-state index contributed by atoms with van der Waals surface area (Å²) in [6.45, 7) is 13.3. The Balaban J connectivity index is 2.02. The fraction of sp³-hybridized carbons (Fsp3) is 0.515. The molecule has 3 rings (SSSR count). The predicted octanol–water partition coefficient (Wildman–Crippen LogP) is 7.67. The summed E-state index contributed by atoms with van der Waals surface area (Å²) in [5.41, 5.74) is 6.44. The number of rotatable bonds is 7. The summed E-state index contributed by atoms with van der Waals surface area (Å²) in [5, 5.41) is 0. The Hall–Kier alpha value is -2.72. The van der Waals surface area contributed by atoms with E-state index in [4.69, 9.17) is 9.47 Å². The van der Waals surface area contributed by atoms with Gasteiger partial charge in [0.2, 0.25) is 0 Å². The van der Waals surface area contributed by atoms with Gasteiger partial charge in [0.15, 0.2) is 11.9 Å². The summed E-state index contributed by atoms with van der Waals surface area (Å²) in [7, 11) is 3.93. The standard InChI is InChI=1S/C33H48N2O2/c1-9-22-35(30-24-28(18-17-25(30)2)14-10-13-26(3)36-8)32-34(7)23-12-20-33(5,6)21-19-29-15-11-16-31(37-32)27(29)4/h11,14-19,21-23,26,32H,9-10,12-13,20,24H2,1-8H3/q+2. The van der Waals surface area contributed by atoms with Gasteiger partial charge in [-0.25, -0.2) is 0 Å². The molecule has 1 heterocycles. The van der Waals surface area contributed by atoms with Gasteiger partial charge in [-0.3, -0.25) is 0 Å². The van der Waals surface area contributed by atoms with Gasteiger partial charge in [-0.15, -0.1) is 9.15 Å². The van der Waals surface area contributed by atoms with Gasteiger partial charge in [-0.2, -0.15) is 0 Å². The highest BCUT2D eigenvalue weighted by Gasteiger charge is 2.37. The quantitative estimate of drug-likeness (QED) is 0.281. The van der Waals surface area contributed by atoms with Crippen LogP contribution in [0.3, 0.4) is 0 Å². The Labute approximate surface area is 225 Å². The van der Waals surface area contributed by atoms with Crippen molar-refractivity contribution in [1.29, 1.82) is 0 Å². The first-order valence-corrected chi connectivity index (χ1v) is 13.9. The Bertz CT molecular complexity index is 1130. The first kappa shape index (κ1) is 28.8. The Morgan fingerprint density at radius 3 is 2.73 bits per heavy atom. The van der Waals surface area contributed by atoms with Crippen LogP contribution >= 0.6 is 0 Å². The van der Waals surface area contributed by atoms with Crippen molar-refractivity contribution in [2.75, 3.05) is 14.2 Å². The zero-order chi connectivity index (χ0) is 27.0. The lowest BCUT2D eigenvalue weighted by atomic mass is 9.86. The summed E-state index contributed by atoms with van der Waals surface area (Å²) in [6.07, 6.45) is 22.0. The van der Waals surface area contributed by atoms with E-state index >= 15 is 0 Å². The highest BCUT2D eigenvalue weighted by Crippen LogP contribution is 2.31. The van der Waals surface area contributed by atoms with Crippen molar-refractivity contribution in [3.63, 3.8) is 0 Å². The van der Waals surface area contributed by atoms with E-state index in [0.29, 0.717) is 0 Å². The second-order valence-corrected chi connectivity index (χ2v) is 11.2. The molecule has 0 saturated carbocycles. The monoisotopic (exact) mass is 504 g/mol. The van der Waals surface area contributed by atoms with Crippen LogP contribution in [-0.4, -0.2) is 48.2 Å². The maximum absolute atomic E-state index is 6.86. The van der Waals surface area contributed by atoms with Crippen LogP contribution in [0.5, 0.6) is 5.75 Å². The molecule has 0 saturated heterocycles. The van der Waals surface area contributed by atoms with Crippen LogP contribution in [0, 0.1) is 12.3 Å². The fourth-order valence-electron chi connectivity index (χ4n) is 4.83. The molecule has 200 valence electrons. The van der Waals surface area contributed by atoms with E-state index in [1.54, 1.807) is 7.11 Å². The third-order valence-electron chi connectivity index (χ3n) is 7.51. The second kappa shape index (κ2) is 13.2. The molecule has 1 aromatic rings. The topological polar surface area (TPSA) is 24.5 Å². The molecule has 2 atom stereocenters. The average molecular weight is 505 g/mol. The zero-order valence-corrected chi connectivity index (χ0v) is 24.4. The first-order chi connectivity index (χ1) is 17.6. The Kier molecular flexibility index (Phi) is 10.3. The first-order valence-electron chi connectivity index (χ1n) is 13.9. The molecule has 1 aromatic carbocycles. The van der Waals surface area contributed by atoms with E-state index in [0.717, 1.165) is 44.3 Å². The van der Waals surface area contributed by atoms with E-state index in [1.807, 2.05) is 0 Å². The highest BCUT2D eigenvalue weighted by atomic mass is 16.5. The Morgan fingerprint density at radius 2 is 2.00 bits per heavy atom. The van der Waals surface area contributed by atoms with Gasteiger partial charge in [-0.1, -0.05) is 63.3 Å². The van der Waals surface area contributed by atoms with Gasteiger partial charge >= 0.3 is 6.35 Å². The molecular weight excluding hydrogens is 456 g/mol. The number of ether oxygens (including phenoxy) is 2. The van der Waals surface area contributed by atoms with E-state index < -0.39 is 0 Å². The number of benzene rings is 1. The molecular formula is C33H48N2O2+2. The summed E-state index contributed by atoms with van der Waals surface area (Å²) in [6, 6.07) is 6.38. The molecule has 4 nitrogen and oxygen atoms in total. The molecule has 0 spiro atoms. The summed E-state index contributed by atoms with van der Waals surface area (Å²) in [5.74, 6) is 0.925. The molecule has 0 amide bonds. The van der Waals surface area contributed by atoms with Crippen molar-refractivity contribution in [2.24, 2.45) is 5.41 Å². The number of allylic oxidation sites excluding steroid dienone is 6. The lowest BCUT2D eigenvalue weighted by Crippen LogP contribution is -2.42. The average Bonchev–Trinajstić information content (AvgIpc) is 2.86. The van der Waals surface area contributed by atoms with Crippen molar-refractivity contribution < 1.29 is 18.6 Å². The molecule has 0 fully saturated rings. The SMILES string of the molecule is CCC=[N+](C1=C(C)C=CC(=CCCC(C)OC)C1)C1Oc2cccc(c2C)C=CC(C)(C)CCC=[N+]1C. The zero-order valence-electron chi connectivity index (χ0n) is 24.4. The maximum atomic E-state index is 6.86. The maximum Gasteiger partial charge on any atom is 0.510 e. The third-order valence-corrected chi connectivity index (χ3v) is 7.51. The van der Waals surface area contributed by atoms with E-state index in [1.165, 1.54) is 28.0 Å². The number of nitrogens with zero attached hydrogens (tertiary/aromatic N) is 2. The summed E-state index contributed by atoms with van der Waals surface area (Å²) < 4.78 is 16.9. The van der Waals surface area contributed by atoms with Crippen molar-refractivity contribution in [2.45, 2.75) is 92.5 Å². The van der Waals surface area contributed by atoms with Gasteiger partial charge in [0.05, 0.1) is 12.5 Å². The van der Waals surface area contributed by atoms with Crippen LogP contribution in [0.1, 0.15) is 84.3 Å². The number of hydrogen-bond acceptors (Lipinski definition) is 2. The highest BCUT2D eigenvalue weighted by molar-refractivity contribution is 5.59. The molecule has 2 unspecified atom stereocenters. The minimum Gasteiger partial charge on any atom is -0.382 e. The normalized spacial score (nSPS) is 22.3. The second-order valence-electron chi connectivity index (χ2n) is 11.2. The number of fused-ring (bicyclic) bond motifs is 2. The van der Waals surface area contributed by atoms with Crippen LogP contribution in [0.25, 0.3) is 6.08 Å². The Morgan fingerprint density at radius 1 is 1.22 bits per heavy atom. The molecule has 2 aliphatic rings. The lowest BCUT2D eigenvalue weighted by Gasteiger charge is -2.22. The molecule has 2 bridgehead atoms. The van der Waals surface area contributed by atoms with Gasteiger partial charge in [0, 0.05) is 25.5 Å². The van der Waals surface area contributed by atoms with Crippen molar-refractivity contribution in [1.82, 2.24) is 0 Å². The van der Waals surface area contributed by atoms with Gasteiger partial charge in [0.25, 0.3) is 0 Å². The molecule has 1 aliphatic carbocycles. The molecule has 4 heteroatoms. The van der Waals surface area contributed by atoms with Crippen LogP contribution < -0.4 is 4.74 Å². The van der Waals surface area contributed by atoms with Gasteiger partial charge in [0.1, 0.15) is 19.0 Å². The van der Waals surface area contributed by atoms with Gasteiger partial charge < -0.3 is 9.47 Å². The summed E-state index contributed by atoms with van der Waals surface area (Å²) >= 11 is 0. The third kappa shape index (κ3) is 7.88. The minimum atomic E-state index is -0.272. The van der Waals surface area contributed by atoms with E-state index in [-0.39, 0.29) is 17.9 Å². The van der Waals surface area contributed by atoms with Crippen LogP contribution in [-0.2, 0) is 4.74 Å². The molecule has 0 radical (unpaired) electrons. The van der Waals surface area contributed by atoms with Crippen LogP contribution in [0.2, 0.25) is 0 Å². The van der Waals surface area contributed by atoms with Crippen LogP contribution in [0.4, 0.5) is 0 Å². The number of hydrogen-bond donors (Lipinski definition) is 0. The van der Waals surface area contributed by atoms with E-state index in [2.05, 4.69) is 119 Å². The smallest absolute Gasteiger partial charge is 0.382 e. The van der Waals surface area contributed by atoms with Crippen molar-refractivity contribution >= 4 is 18.5 Å². The fourth-order valence-corrected chi connectivity index (χ4v) is 4.83. The molecule has 0 aromatic heterocycles. The summed E-state index contributed by atoms with van der Waals surface area (Å²) in [4.78, 5) is 0. The van der Waals surface area contributed by atoms with Gasteiger partial charge in [-0.05, 0) is 68.2 Å². The number of methoxy groups -OCH3 is 1.